The molecule has 0 bridgehead atoms. The number of hydrogen-bond acceptors (Lipinski definition) is 4. The minimum Gasteiger partial charge on any atom is -0.392 e. The lowest BCUT2D eigenvalue weighted by molar-refractivity contribution is 0.281. The second kappa shape index (κ2) is 5.85. The van der Waals surface area contributed by atoms with E-state index in [0.29, 0.717) is 16.6 Å². The second-order valence-corrected chi connectivity index (χ2v) is 7.87. The predicted octanol–water partition coefficient (Wildman–Crippen LogP) is 1.35. The maximum Gasteiger partial charge on any atom is 0.240 e. The highest BCUT2D eigenvalue weighted by Crippen LogP contribution is 2.30. The van der Waals surface area contributed by atoms with Crippen molar-refractivity contribution >= 4 is 21.6 Å². The van der Waals surface area contributed by atoms with E-state index in [1.807, 2.05) is 0 Å². The number of rotatable bonds is 5. The van der Waals surface area contributed by atoms with Crippen LogP contribution in [0.25, 0.3) is 0 Å². The molecule has 1 atom stereocenters. The number of likely N-dealkylation sites (tertiary alicyclic amines) is 1. The number of sulfonamides is 1. The van der Waals surface area contributed by atoms with Gasteiger partial charge in [-0.05, 0) is 43.0 Å². The molecule has 1 aliphatic heterocycles. The van der Waals surface area contributed by atoms with Gasteiger partial charge in [0.05, 0.1) is 11.5 Å². The fourth-order valence-electron chi connectivity index (χ4n) is 2.78. The molecule has 2 fully saturated rings. The van der Waals surface area contributed by atoms with Gasteiger partial charge < -0.3 is 5.11 Å². The van der Waals surface area contributed by atoms with Crippen LogP contribution >= 0.6 is 11.6 Å². The highest BCUT2D eigenvalue weighted by Gasteiger charge is 2.35. The first kappa shape index (κ1) is 15.2. The van der Waals surface area contributed by atoms with Crippen LogP contribution < -0.4 is 4.72 Å². The SMILES string of the molecule is O=S(=O)(NC1CCN(C2CC2)C1)c1ccc(Cl)c(CO)c1. The first-order chi connectivity index (χ1) is 9.99. The molecule has 0 spiro atoms. The molecule has 0 amide bonds. The standard InChI is InChI=1S/C14H19ClN2O3S/c15-14-4-3-13(7-10(14)9-18)21(19,20)16-11-5-6-17(8-11)12-1-2-12/h3-4,7,11-12,16,18H,1-2,5-6,8-9H2. The van der Waals surface area contributed by atoms with Crippen LogP contribution in [-0.4, -0.2) is 43.6 Å². The first-order valence-electron chi connectivity index (χ1n) is 7.15. The number of hydrogen-bond donors (Lipinski definition) is 2. The van der Waals surface area contributed by atoms with E-state index in [4.69, 9.17) is 11.6 Å². The molecular formula is C14H19ClN2O3S. The molecule has 7 heteroatoms. The lowest BCUT2D eigenvalue weighted by Gasteiger charge is -2.16. The van der Waals surface area contributed by atoms with Crippen molar-refractivity contribution in [2.75, 3.05) is 13.1 Å². The molecule has 0 radical (unpaired) electrons. The van der Waals surface area contributed by atoms with Crippen LogP contribution in [0.1, 0.15) is 24.8 Å². The van der Waals surface area contributed by atoms with Crippen LogP contribution in [0.3, 0.4) is 0 Å². The summed E-state index contributed by atoms with van der Waals surface area (Å²) in [4.78, 5) is 2.51. The number of nitrogens with one attached hydrogen (secondary N) is 1. The summed E-state index contributed by atoms with van der Waals surface area (Å²) in [5, 5.41) is 9.56. The fourth-order valence-corrected chi connectivity index (χ4v) is 4.27. The quantitative estimate of drug-likeness (QED) is 0.855. The van der Waals surface area contributed by atoms with Gasteiger partial charge in [-0.25, -0.2) is 13.1 Å². The molecule has 5 nitrogen and oxygen atoms in total. The van der Waals surface area contributed by atoms with Gasteiger partial charge in [-0.2, -0.15) is 0 Å². The molecule has 1 aromatic rings. The van der Waals surface area contributed by atoms with E-state index < -0.39 is 10.0 Å². The largest absolute Gasteiger partial charge is 0.392 e. The van der Waals surface area contributed by atoms with Gasteiger partial charge in [0.15, 0.2) is 0 Å². The molecule has 2 N–H and O–H groups in total. The second-order valence-electron chi connectivity index (χ2n) is 5.74. The average molecular weight is 331 g/mol. The van der Waals surface area contributed by atoms with Crippen LogP contribution in [0, 0.1) is 0 Å². The summed E-state index contributed by atoms with van der Waals surface area (Å²) >= 11 is 5.90. The lowest BCUT2D eigenvalue weighted by atomic mass is 10.2. The monoisotopic (exact) mass is 330 g/mol. The number of halogens is 1. The third-order valence-electron chi connectivity index (χ3n) is 4.10. The Kier molecular flexibility index (Phi) is 4.25. The zero-order valence-corrected chi connectivity index (χ0v) is 13.2. The van der Waals surface area contributed by atoms with Crippen molar-refractivity contribution in [1.82, 2.24) is 9.62 Å². The van der Waals surface area contributed by atoms with E-state index in [9.17, 15) is 13.5 Å². The fraction of sp³-hybridized carbons (Fsp3) is 0.571. The van der Waals surface area contributed by atoms with Crippen molar-refractivity contribution in [3.8, 4) is 0 Å². The van der Waals surface area contributed by atoms with E-state index in [0.717, 1.165) is 19.5 Å². The predicted molar refractivity (Wildman–Crippen MR) is 80.7 cm³/mol. The van der Waals surface area contributed by atoms with Crippen LogP contribution in [-0.2, 0) is 16.6 Å². The third kappa shape index (κ3) is 3.40. The Bertz CT molecular complexity index is 631. The average Bonchev–Trinajstić information content (AvgIpc) is 3.20. The zero-order chi connectivity index (χ0) is 15.0. The Labute approximate surface area is 130 Å². The van der Waals surface area contributed by atoms with Gasteiger partial charge in [-0.1, -0.05) is 11.6 Å². The summed E-state index contributed by atoms with van der Waals surface area (Å²) in [5.41, 5.74) is 0.422. The van der Waals surface area contributed by atoms with Crippen molar-refractivity contribution in [2.45, 2.75) is 42.8 Å². The molecule has 1 aliphatic carbocycles. The maximum absolute atomic E-state index is 12.4. The Balaban J connectivity index is 1.71. The summed E-state index contributed by atoms with van der Waals surface area (Å²) in [6.45, 7) is 1.46. The van der Waals surface area contributed by atoms with Gasteiger partial charge in [-0.15, -0.1) is 0 Å². The summed E-state index contributed by atoms with van der Waals surface area (Å²) in [5.74, 6) is 0. The van der Waals surface area contributed by atoms with Crippen LogP contribution in [0.4, 0.5) is 0 Å². The van der Waals surface area contributed by atoms with Crippen molar-refractivity contribution < 1.29 is 13.5 Å². The smallest absolute Gasteiger partial charge is 0.240 e. The van der Waals surface area contributed by atoms with Gasteiger partial charge in [-0.3, -0.25) is 4.90 Å². The Morgan fingerprint density at radius 3 is 2.76 bits per heavy atom. The first-order valence-corrected chi connectivity index (χ1v) is 9.01. The minimum atomic E-state index is -3.57. The summed E-state index contributed by atoms with van der Waals surface area (Å²) in [6.07, 6.45) is 3.31. The molecule has 3 rings (SSSR count). The van der Waals surface area contributed by atoms with Crippen molar-refractivity contribution in [3.05, 3.63) is 28.8 Å². The van der Waals surface area contributed by atoms with Gasteiger partial charge >= 0.3 is 0 Å². The van der Waals surface area contributed by atoms with Crippen LogP contribution in [0.15, 0.2) is 23.1 Å². The normalized spacial score (nSPS) is 23.6. The number of aliphatic hydroxyl groups excluding tert-OH is 1. The topological polar surface area (TPSA) is 69.6 Å². The number of benzene rings is 1. The summed E-state index contributed by atoms with van der Waals surface area (Å²) in [7, 11) is -3.57. The molecule has 1 heterocycles. The Morgan fingerprint density at radius 2 is 2.10 bits per heavy atom. The lowest BCUT2D eigenvalue weighted by Crippen LogP contribution is -2.37. The van der Waals surface area contributed by atoms with Crippen LogP contribution in [0.5, 0.6) is 0 Å². The van der Waals surface area contributed by atoms with Crippen molar-refractivity contribution in [3.63, 3.8) is 0 Å². The van der Waals surface area contributed by atoms with Gasteiger partial charge in [0.25, 0.3) is 0 Å². The van der Waals surface area contributed by atoms with Gasteiger partial charge in [0.1, 0.15) is 0 Å². The van der Waals surface area contributed by atoms with E-state index >= 15 is 0 Å². The van der Waals surface area contributed by atoms with E-state index in [-0.39, 0.29) is 17.5 Å². The van der Waals surface area contributed by atoms with Gasteiger partial charge in [0.2, 0.25) is 10.0 Å². The third-order valence-corrected chi connectivity index (χ3v) is 5.99. The summed E-state index contributed by atoms with van der Waals surface area (Å²) in [6, 6.07) is 5.03. The molecule has 2 aliphatic rings. The van der Waals surface area contributed by atoms with Gasteiger partial charge in [0, 0.05) is 30.2 Å². The van der Waals surface area contributed by atoms with Crippen LogP contribution in [0.2, 0.25) is 5.02 Å². The van der Waals surface area contributed by atoms with E-state index in [1.54, 1.807) is 0 Å². The number of nitrogens with zero attached hydrogens (tertiary/aromatic N) is 1. The summed E-state index contributed by atoms with van der Waals surface area (Å²) < 4.78 is 27.6. The van der Waals surface area contributed by atoms with E-state index in [2.05, 4.69) is 9.62 Å². The molecular weight excluding hydrogens is 312 g/mol. The molecule has 116 valence electrons. The Morgan fingerprint density at radius 1 is 1.33 bits per heavy atom. The highest BCUT2D eigenvalue weighted by atomic mass is 35.5. The molecule has 21 heavy (non-hydrogen) atoms. The minimum absolute atomic E-state index is 0.0381. The Hall–Kier alpha value is -0.660. The van der Waals surface area contributed by atoms with Crippen molar-refractivity contribution in [2.24, 2.45) is 0 Å². The number of aliphatic hydroxyl groups is 1. The highest BCUT2D eigenvalue weighted by molar-refractivity contribution is 7.89. The van der Waals surface area contributed by atoms with Crippen molar-refractivity contribution in [1.29, 1.82) is 0 Å². The molecule has 1 saturated carbocycles. The molecule has 1 aromatic carbocycles. The zero-order valence-electron chi connectivity index (χ0n) is 11.6. The van der Waals surface area contributed by atoms with E-state index in [1.165, 1.54) is 31.0 Å². The maximum atomic E-state index is 12.4. The molecule has 1 unspecified atom stereocenters. The molecule has 0 aromatic heterocycles. The molecule has 1 saturated heterocycles.